The molecule has 0 aliphatic carbocycles. The van der Waals surface area contributed by atoms with Gasteiger partial charge >= 0.3 is 5.97 Å². The maximum absolute atomic E-state index is 13.4. The van der Waals surface area contributed by atoms with Gasteiger partial charge in [-0.3, -0.25) is 0 Å². The quantitative estimate of drug-likeness (QED) is 0.857. The topological polar surface area (TPSA) is 68.0 Å². The van der Waals surface area contributed by atoms with Crippen molar-refractivity contribution in [1.82, 2.24) is 14.8 Å². The highest BCUT2D eigenvalue weighted by atomic mass is 32.2. The number of aryl methyl sites for hydroxylation is 1. The first-order valence-corrected chi connectivity index (χ1v) is 6.05. The Kier molecular flexibility index (Phi) is 3.61. The van der Waals surface area contributed by atoms with Gasteiger partial charge in [-0.25, -0.2) is 18.9 Å². The summed E-state index contributed by atoms with van der Waals surface area (Å²) in [7, 11) is 1.77. The molecule has 0 amide bonds. The maximum Gasteiger partial charge on any atom is 0.338 e. The van der Waals surface area contributed by atoms with E-state index in [1.165, 1.54) is 30.2 Å². The first-order chi connectivity index (χ1) is 8.58. The van der Waals surface area contributed by atoms with Crippen LogP contribution >= 0.6 is 11.8 Å². The molecule has 0 spiro atoms. The van der Waals surface area contributed by atoms with Crippen molar-refractivity contribution in [3.63, 3.8) is 0 Å². The summed E-state index contributed by atoms with van der Waals surface area (Å²) >= 11 is 1.41. The minimum Gasteiger partial charge on any atom is -0.478 e. The fourth-order valence-corrected chi connectivity index (χ4v) is 2.22. The van der Waals surface area contributed by atoms with Crippen molar-refractivity contribution in [2.75, 3.05) is 0 Å². The molecular weight excluding hydrogens is 257 g/mol. The second-order valence-electron chi connectivity index (χ2n) is 3.57. The van der Waals surface area contributed by atoms with Crippen LogP contribution in [0.25, 0.3) is 0 Å². The Bertz CT molecular complexity index is 585. The van der Waals surface area contributed by atoms with Crippen molar-refractivity contribution in [2.24, 2.45) is 7.05 Å². The first kappa shape index (κ1) is 12.6. The molecule has 94 valence electrons. The van der Waals surface area contributed by atoms with Gasteiger partial charge in [0.25, 0.3) is 0 Å². The average Bonchev–Trinajstić information content (AvgIpc) is 2.72. The Morgan fingerprint density at radius 3 is 2.89 bits per heavy atom. The van der Waals surface area contributed by atoms with E-state index in [-0.39, 0.29) is 5.56 Å². The third-order valence-electron chi connectivity index (χ3n) is 2.30. The summed E-state index contributed by atoms with van der Waals surface area (Å²) in [5.41, 5.74) is 0.382. The molecule has 5 nitrogen and oxygen atoms in total. The summed E-state index contributed by atoms with van der Waals surface area (Å²) in [6.45, 7) is 0. The van der Waals surface area contributed by atoms with E-state index < -0.39 is 11.8 Å². The fraction of sp³-hybridized carbons (Fsp3) is 0.182. The van der Waals surface area contributed by atoms with E-state index in [1.807, 2.05) is 0 Å². The molecule has 0 aliphatic rings. The molecule has 0 radical (unpaired) electrons. The molecule has 7 heteroatoms. The van der Waals surface area contributed by atoms with Crippen LogP contribution in [0.15, 0.2) is 29.7 Å². The van der Waals surface area contributed by atoms with Gasteiger partial charge in [-0.1, -0.05) is 17.8 Å². The lowest BCUT2D eigenvalue weighted by atomic mass is 10.1. The zero-order valence-electron chi connectivity index (χ0n) is 9.50. The molecular formula is C11H10FN3O2S. The number of aromatic nitrogens is 3. The number of carboxylic acids is 1. The number of hydrogen-bond acceptors (Lipinski definition) is 4. The summed E-state index contributed by atoms with van der Waals surface area (Å²) in [4.78, 5) is 14.7. The maximum atomic E-state index is 13.4. The molecule has 0 unspecified atom stereocenters. The van der Waals surface area contributed by atoms with Crippen LogP contribution in [-0.4, -0.2) is 25.8 Å². The zero-order valence-corrected chi connectivity index (χ0v) is 10.3. The van der Waals surface area contributed by atoms with E-state index in [4.69, 9.17) is 5.11 Å². The number of halogens is 1. The molecule has 1 heterocycles. The van der Waals surface area contributed by atoms with Crippen LogP contribution in [0.1, 0.15) is 15.9 Å². The van der Waals surface area contributed by atoms with Gasteiger partial charge in [0.2, 0.25) is 0 Å². The van der Waals surface area contributed by atoms with Crippen LogP contribution in [-0.2, 0) is 12.8 Å². The van der Waals surface area contributed by atoms with Gasteiger partial charge in [0.1, 0.15) is 12.1 Å². The smallest absolute Gasteiger partial charge is 0.338 e. The Hall–Kier alpha value is -1.89. The third-order valence-corrected chi connectivity index (χ3v) is 3.41. The minimum absolute atomic E-state index is 0.317. The van der Waals surface area contributed by atoms with E-state index >= 15 is 0 Å². The number of rotatable bonds is 4. The van der Waals surface area contributed by atoms with Gasteiger partial charge in [0, 0.05) is 12.8 Å². The summed E-state index contributed by atoms with van der Waals surface area (Å²) in [5.74, 6) is -1.48. The molecule has 18 heavy (non-hydrogen) atoms. The van der Waals surface area contributed by atoms with E-state index in [0.717, 1.165) is 5.16 Å². The lowest BCUT2D eigenvalue weighted by molar-refractivity contribution is 0.0692. The van der Waals surface area contributed by atoms with Crippen LogP contribution < -0.4 is 0 Å². The highest BCUT2D eigenvalue weighted by Gasteiger charge is 2.11. The van der Waals surface area contributed by atoms with Crippen LogP contribution in [0.3, 0.4) is 0 Å². The van der Waals surface area contributed by atoms with Crippen LogP contribution in [0.2, 0.25) is 0 Å². The molecule has 1 aromatic carbocycles. The summed E-state index contributed by atoms with van der Waals surface area (Å²) < 4.78 is 15.0. The Morgan fingerprint density at radius 2 is 2.33 bits per heavy atom. The lowest BCUT2D eigenvalue weighted by Crippen LogP contribution is -2.01. The first-order valence-electron chi connectivity index (χ1n) is 5.06. The number of carboxylic acid groups (broad SMARTS) is 1. The normalized spacial score (nSPS) is 10.6. The van der Waals surface area contributed by atoms with Crippen molar-refractivity contribution in [3.05, 3.63) is 41.5 Å². The zero-order chi connectivity index (χ0) is 13.1. The van der Waals surface area contributed by atoms with Crippen LogP contribution in [0, 0.1) is 5.82 Å². The third kappa shape index (κ3) is 2.67. The molecule has 0 bridgehead atoms. The van der Waals surface area contributed by atoms with Gasteiger partial charge in [-0.05, 0) is 17.7 Å². The van der Waals surface area contributed by atoms with Gasteiger partial charge < -0.3 is 5.11 Å². The monoisotopic (exact) mass is 267 g/mol. The molecule has 0 saturated heterocycles. The molecule has 0 aliphatic heterocycles. The summed E-state index contributed by atoms with van der Waals surface area (Å²) in [5, 5.41) is 13.3. The Morgan fingerprint density at radius 1 is 1.56 bits per heavy atom. The predicted octanol–water partition coefficient (Wildman–Crippen LogP) is 1.94. The number of aromatic carboxylic acids is 1. The van der Waals surface area contributed by atoms with E-state index in [2.05, 4.69) is 10.1 Å². The molecule has 2 rings (SSSR count). The average molecular weight is 267 g/mol. The SMILES string of the molecule is Cn1ncnc1SCc1ccc(C(=O)O)c(F)c1. The van der Waals surface area contributed by atoms with Crippen molar-refractivity contribution in [2.45, 2.75) is 10.9 Å². The van der Waals surface area contributed by atoms with Gasteiger partial charge in [-0.15, -0.1) is 0 Å². The van der Waals surface area contributed by atoms with E-state index in [0.29, 0.717) is 11.3 Å². The number of thioether (sulfide) groups is 1. The summed E-state index contributed by atoms with van der Waals surface area (Å²) in [6, 6.07) is 4.09. The summed E-state index contributed by atoms with van der Waals surface area (Å²) in [6.07, 6.45) is 1.44. The Balaban J connectivity index is 2.09. The molecule has 0 atom stereocenters. The standard InChI is InChI=1S/C11H10FN3O2S/c1-15-11(13-6-14-15)18-5-7-2-3-8(10(16)17)9(12)4-7/h2-4,6H,5H2,1H3,(H,16,17). The number of hydrogen-bond donors (Lipinski definition) is 1. The molecule has 1 N–H and O–H groups in total. The fourth-order valence-electron chi connectivity index (χ4n) is 1.39. The van der Waals surface area contributed by atoms with Crippen LogP contribution in [0.4, 0.5) is 4.39 Å². The van der Waals surface area contributed by atoms with Crippen molar-refractivity contribution in [1.29, 1.82) is 0 Å². The molecule has 2 aromatic rings. The van der Waals surface area contributed by atoms with Gasteiger partial charge in [-0.2, -0.15) is 5.10 Å². The van der Waals surface area contributed by atoms with Gasteiger partial charge in [0.15, 0.2) is 5.16 Å². The largest absolute Gasteiger partial charge is 0.478 e. The highest BCUT2D eigenvalue weighted by Crippen LogP contribution is 2.21. The van der Waals surface area contributed by atoms with Crippen molar-refractivity contribution >= 4 is 17.7 Å². The molecule has 0 saturated carbocycles. The van der Waals surface area contributed by atoms with E-state index in [1.54, 1.807) is 17.8 Å². The predicted molar refractivity (Wildman–Crippen MR) is 63.9 cm³/mol. The number of benzene rings is 1. The molecule has 0 fully saturated rings. The minimum atomic E-state index is -1.26. The van der Waals surface area contributed by atoms with Crippen molar-refractivity contribution in [3.8, 4) is 0 Å². The lowest BCUT2D eigenvalue weighted by Gasteiger charge is -2.03. The van der Waals surface area contributed by atoms with E-state index in [9.17, 15) is 9.18 Å². The van der Waals surface area contributed by atoms with Crippen LogP contribution in [0.5, 0.6) is 0 Å². The van der Waals surface area contributed by atoms with Gasteiger partial charge in [0.05, 0.1) is 5.56 Å². The molecule has 1 aromatic heterocycles. The second-order valence-corrected chi connectivity index (χ2v) is 4.52. The number of carbonyl (C=O) groups is 1. The second kappa shape index (κ2) is 5.18. The van der Waals surface area contributed by atoms with Crippen molar-refractivity contribution < 1.29 is 14.3 Å². The highest BCUT2D eigenvalue weighted by molar-refractivity contribution is 7.98. The number of nitrogens with zero attached hydrogens (tertiary/aromatic N) is 3. The Labute approximate surface area is 107 Å².